The molecule has 2 aliphatic rings. The molecule has 1 fully saturated rings. The van der Waals surface area contributed by atoms with E-state index in [1.165, 1.54) is 0 Å². The van der Waals surface area contributed by atoms with E-state index < -0.39 is 18.3 Å². The molecule has 0 radical (unpaired) electrons. The van der Waals surface area contributed by atoms with Gasteiger partial charge in [0, 0.05) is 23.4 Å². The summed E-state index contributed by atoms with van der Waals surface area (Å²) in [6.45, 7) is 4.19. The molecule has 3 aromatic rings. The van der Waals surface area contributed by atoms with Crippen LogP contribution in [0, 0.1) is 5.92 Å². The van der Waals surface area contributed by atoms with Crippen LogP contribution in [0.5, 0.6) is 11.5 Å². The van der Waals surface area contributed by atoms with Crippen LogP contribution in [-0.4, -0.2) is 42.1 Å². The molecule has 0 spiro atoms. The zero-order valence-electron chi connectivity index (χ0n) is 20.8. The van der Waals surface area contributed by atoms with Crippen molar-refractivity contribution in [2.24, 2.45) is 5.92 Å². The van der Waals surface area contributed by atoms with Gasteiger partial charge in [0.15, 0.2) is 11.5 Å². The monoisotopic (exact) mass is 487 g/mol. The summed E-state index contributed by atoms with van der Waals surface area (Å²) >= 11 is 0. The quantitative estimate of drug-likeness (QED) is 0.477. The van der Waals surface area contributed by atoms with Crippen LogP contribution >= 0.6 is 0 Å². The summed E-state index contributed by atoms with van der Waals surface area (Å²) < 4.78 is 16.8. The van der Waals surface area contributed by atoms with Gasteiger partial charge in [-0.2, -0.15) is 0 Å². The van der Waals surface area contributed by atoms with Crippen LogP contribution in [0.3, 0.4) is 0 Å². The van der Waals surface area contributed by atoms with E-state index in [1.807, 2.05) is 62.4 Å². The lowest BCUT2D eigenvalue weighted by atomic mass is 9.95. The van der Waals surface area contributed by atoms with Gasteiger partial charge in [0.25, 0.3) is 5.91 Å². The van der Waals surface area contributed by atoms with Gasteiger partial charge in [0.05, 0.1) is 25.6 Å². The molecule has 0 saturated carbocycles. The number of ether oxygens (including phenoxy) is 3. The van der Waals surface area contributed by atoms with E-state index in [-0.39, 0.29) is 18.4 Å². The number of aromatic nitrogens is 1. The second kappa shape index (κ2) is 9.53. The van der Waals surface area contributed by atoms with Crippen LogP contribution in [0.25, 0.3) is 11.3 Å². The first-order valence-corrected chi connectivity index (χ1v) is 12.0. The number of pyridine rings is 1. The Morgan fingerprint density at radius 1 is 1.03 bits per heavy atom. The van der Waals surface area contributed by atoms with Crippen LogP contribution < -0.4 is 14.4 Å². The highest BCUT2D eigenvalue weighted by Crippen LogP contribution is 2.52. The minimum Gasteiger partial charge on any atom is -0.493 e. The molecule has 1 saturated heterocycles. The summed E-state index contributed by atoms with van der Waals surface area (Å²) in [6, 6.07) is 16.2. The predicted octanol–water partition coefficient (Wildman–Crippen LogP) is 5.18. The van der Waals surface area contributed by atoms with Gasteiger partial charge < -0.3 is 14.2 Å². The smallest absolute Gasteiger partial charge is 0.412 e. The van der Waals surface area contributed by atoms with Crippen LogP contribution in [0.15, 0.2) is 60.8 Å². The molecule has 0 N–H and O–H groups in total. The van der Waals surface area contributed by atoms with E-state index in [0.29, 0.717) is 29.3 Å². The lowest BCUT2D eigenvalue weighted by Gasteiger charge is -2.36. The zero-order valence-corrected chi connectivity index (χ0v) is 20.8. The highest BCUT2D eigenvalue weighted by atomic mass is 16.6. The molecule has 186 valence electrons. The largest absolute Gasteiger partial charge is 0.493 e. The maximum Gasteiger partial charge on any atom is 0.412 e. The summed E-state index contributed by atoms with van der Waals surface area (Å²) in [5.41, 5.74) is 3.69. The molecule has 36 heavy (non-hydrogen) atoms. The van der Waals surface area contributed by atoms with E-state index in [2.05, 4.69) is 4.98 Å². The Labute approximate surface area is 210 Å². The minimum atomic E-state index is -0.682. The highest BCUT2D eigenvalue weighted by molar-refractivity contribution is 6.07. The molecule has 2 amide bonds. The van der Waals surface area contributed by atoms with Crippen LogP contribution in [0.2, 0.25) is 0 Å². The van der Waals surface area contributed by atoms with E-state index in [4.69, 9.17) is 14.2 Å². The number of hydrogen-bond acceptors (Lipinski definition) is 6. The second-order valence-corrected chi connectivity index (χ2v) is 9.34. The molecule has 0 unspecified atom stereocenters. The molecule has 3 heterocycles. The van der Waals surface area contributed by atoms with Gasteiger partial charge in [-0.25, -0.2) is 4.79 Å². The van der Waals surface area contributed by atoms with Crippen molar-refractivity contribution in [1.82, 2.24) is 9.88 Å². The lowest BCUT2D eigenvalue weighted by Crippen LogP contribution is -2.41. The fraction of sp³-hybridized carbons (Fsp3) is 0.321. The Hall–Kier alpha value is -4.07. The van der Waals surface area contributed by atoms with Crippen molar-refractivity contribution in [1.29, 1.82) is 0 Å². The summed E-state index contributed by atoms with van der Waals surface area (Å²) in [5.74, 6) is 1.06. The molecule has 8 nitrogen and oxygen atoms in total. The highest BCUT2D eigenvalue weighted by Gasteiger charge is 2.54. The molecule has 2 atom stereocenters. The lowest BCUT2D eigenvalue weighted by molar-refractivity contribution is -0.120. The van der Waals surface area contributed by atoms with Crippen molar-refractivity contribution in [3.05, 3.63) is 71.9 Å². The predicted molar refractivity (Wildman–Crippen MR) is 135 cm³/mol. The number of carbonyl (C=O) groups excluding carboxylic acids is 2. The molecule has 1 aromatic heterocycles. The fourth-order valence-corrected chi connectivity index (χ4v) is 5.02. The molecule has 0 bridgehead atoms. The third kappa shape index (κ3) is 3.92. The topological polar surface area (TPSA) is 81.2 Å². The SMILES string of the molecule is COc1cc2c(cc1OC)N1C(=O)[C@H](CC(C)C)N(C(=O)OCc3ccccc3)[C@@H]1c1cccnc1-2. The second-order valence-electron chi connectivity index (χ2n) is 9.34. The number of nitrogens with zero attached hydrogens (tertiary/aromatic N) is 3. The van der Waals surface area contributed by atoms with Crippen molar-refractivity contribution in [2.75, 3.05) is 19.1 Å². The first-order chi connectivity index (χ1) is 17.4. The number of carbonyl (C=O) groups is 2. The van der Waals surface area contributed by atoms with Gasteiger partial charge in [-0.3, -0.25) is 19.6 Å². The molecule has 2 aromatic carbocycles. The Morgan fingerprint density at radius 2 is 1.75 bits per heavy atom. The van der Waals surface area contributed by atoms with Gasteiger partial charge in [-0.05, 0) is 30.0 Å². The minimum absolute atomic E-state index is 0.118. The summed E-state index contributed by atoms with van der Waals surface area (Å²) in [5, 5.41) is 0. The Balaban J connectivity index is 1.62. The average Bonchev–Trinajstić information content (AvgIpc) is 3.18. The van der Waals surface area contributed by atoms with Crippen LogP contribution in [0.4, 0.5) is 10.5 Å². The number of benzene rings is 2. The summed E-state index contributed by atoms with van der Waals surface area (Å²) in [4.78, 5) is 35.5. The van der Waals surface area contributed by atoms with E-state index in [1.54, 1.807) is 36.3 Å². The molecule has 2 aliphatic heterocycles. The van der Waals surface area contributed by atoms with Gasteiger partial charge >= 0.3 is 6.09 Å². The van der Waals surface area contributed by atoms with E-state index in [0.717, 1.165) is 16.7 Å². The van der Waals surface area contributed by atoms with Crippen molar-refractivity contribution in [3.8, 4) is 22.8 Å². The number of amides is 2. The Kier molecular flexibility index (Phi) is 6.26. The Morgan fingerprint density at radius 3 is 2.44 bits per heavy atom. The average molecular weight is 488 g/mol. The van der Waals surface area contributed by atoms with Crippen LogP contribution in [-0.2, 0) is 16.1 Å². The first-order valence-electron chi connectivity index (χ1n) is 12.0. The van der Waals surface area contributed by atoms with Crippen LogP contribution in [0.1, 0.15) is 37.6 Å². The van der Waals surface area contributed by atoms with Gasteiger partial charge in [-0.1, -0.05) is 50.2 Å². The number of anilines is 1. The molecule has 5 rings (SSSR count). The van der Waals surface area contributed by atoms with Crippen molar-refractivity contribution in [2.45, 2.75) is 39.1 Å². The fourth-order valence-electron chi connectivity index (χ4n) is 5.02. The molecular formula is C28H29N3O5. The maximum atomic E-state index is 14.0. The van der Waals surface area contributed by atoms with Gasteiger partial charge in [0.1, 0.15) is 18.8 Å². The van der Waals surface area contributed by atoms with Crippen molar-refractivity contribution in [3.63, 3.8) is 0 Å². The third-order valence-corrected chi connectivity index (χ3v) is 6.61. The zero-order chi connectivity index (χ0) is 25.4. The molecular weight excluding hydrogens is 458 g/mol. The van der Waals surface area contributed by atoms with Crippen molar-refractivity contribution >= 4 is 17.7 Å². The van der Waals surface area contributed by atoms with Gasteiger partial charge in [-0.15, -0.1) is 0 Å². The third-order valence-electron chi connectivity index (χ3n) is 6.61. The van der Waals surface area contributed by atoms with Gasteiger partial charge in [0.2, 0.25) is 0 Å². The number of fused-ring (bicyclic) bond motifs is 6. The number of methoxy groups -OCH3 is 2. The van der Waals surface area contributed by atoms with E-state index >= 15 is 0 Å². The molecule has 0 aliphatic carbocycles. The molecule has 8 heteroatoms. The first kappa shape index (κ1) is 23.7. The summed E-state index contributed by atoms with van der Waals surface area (Å²) in [7, 11) is 3.12. The summed E-state index contributed by atoms with van der Waals surface area (Å²) in [6.07, 6.45) is 0.989. The Bertz CT molecular complexity index is 1290. The number of hydrogen-bond donors (Lipinski definition) is 0. The number of rotatable bonds is 6. The van der Waals surface area contributed by atoms with Crippen molar-refractivity contribution < 1.29 is 23.8 Å². The van der Waals surface area contributed by atoms with E-state index in [9.17, 15) is 9.59 Å². The maximum absolute atomic E-state index is 14.0. The standard InChI is InChI=1S/C28H29N3O5/c1-17(2)13-22-27(32)30-21-15-24(35-4)23(34-3)14-20(21)25-19(11-8-12-29-25)26(30)31(22)28(33)36-16-18-9-6-5-7-10-18/h5-12,14-15,17,22,26H,13,16H2,1-4H3/t22-,26+/m0/s1. The normalized spacial score (nSPS) is 18.0.